The van der Waals surface area contributed by atoms with Gasteiger partial charge in [0.15, 0.2) is 0 Å². The van der Waals surface area contributed by atoms with Crippen molar-refractivity contribution in [2.75, 3.05) is 38.1 Å². The third kappa shape index (κ3) is 2.94. The fourth-order valence-corrected chi connectivity index (χ4v) is 2.40. The van der Waals surface area contributed by atoms with Crippen molar-refractivity contribution in [2.24, 2.45) is 0 Å². The van der Waals surface area contributed by atoms with Gasteiger partial charge in [-0.25, -0.2) is 4.79 Å². The summed E-state index contributed by atoms with van der Waals surface area (Å²) in [4.78, 5) is 15.6. The molecule has 1 aromatic carbocycles. The predicted molar refractivity (Wildman–Crippen MR) is 72.7 cm³/mol. The molecule has 0 atom stereocenters. The van der Waals surface area contributed by atoms with Gasteiger partial charge in [-0.2, -0.15) is 0 Å². The number of anilines is 1. The van der Waals surface area contributed by atoms with E-state index in [2.05, 4.69) is 16.8 Å². The van der Waals surface area contributed by atoms with Crippen molar-refractivity contribution in [1.82, 2.24) is 4.90 Å². The van der Waals surface area contributed by atoms with E-state index < -0.39 is 5.97 Å². The minimum Gasteiger partial charge on any atom is -0.478 e. The number of carboxylic acid groups (broad SMARTS) is 1. The normalized spacial score (nSPS) is 17.6. The van der Waals surface area contributed by atoms with E-state index in [1.54, 1.807) is 18.2 Å². The molecule has 0 unspecified atom stereocenters. The molecule has 0 bridgehead atoms. The van der Waals surface area contributed by atoms with E-state index in [-0.39, 0.29) is 0 Å². The maximum atomic E-state index is 11.2. The van der Waals surface area contributed by atoms with Gasteiger partial charge in [0.25, 0.3) is 0 Å². The fourth-order valence-electron chi connectivity index (χ4n) is 2.23. The molecule has 1 aromatic rings. The Labute approximate surface area is 112 Å². The van der Waals surface area contributed by atoms with Crippen LogP contribution in [0, 0.1) is 0 Å². The van der Waals surface area contributed by atoms with Crippen LogP contribution in [0.1, 0.15) is 16.8 Å². The number of carbonyl (C=O) groups is 1. The zero-order valence-electron chi connectivity index (χ0n) is 10.4. The third-order valence-corrected chi connectivity index (χ3v) is 3.49. The van der Waals surface area contributed by atoms with Crippen molar-refractivity contribution in [2.45, 2.75) is 6.42 Å². The molecular weight excluding hydrogens is 252 g/mol. The summed E-state index contributed by atoms with van der Waals surface area (Å²) < 4.78 is 0. The van der Waals surface area contributed by atoms with E-state index in [9.17, 15) is 9.90 Å². The maximum Gasteiger partial charge on any atom is 0.337 e. The Bertz CT molecular complexity index is 451. The summed E-state index contributed by atoms with van der Waals surface area (Å²) in [6, 6.07) is 4.95. The number of nitrogens with zero attached hydrogens (tertiary/aromatic N) is 2. The Hall–Kier alpha value is -1.26. The average molecular weight is 269 g/mol. The third-order valence-electron chi connectivity index (χ3n) is 3.25. The Morgan fingerprint density at radius 2 is 2.06 bits per heavy atom. The van der Waals surface area contributed by atoms with Gasteiger partial charge < -0.3 is 14.9 Å². The highest BCUT2D eigenvalue weighted by Crippen LogP contribution is 2.26. The molecular formula is C13H17ClN2O2. The van der Waals surface area contributed by atoms with Crippen molar-refractivity contribution in [1.29, 1.82) is 0 Å². The molecule has 1 N–H and O–H groups in total. The summed E-state index contributed by atoms with van der Waals surface area (Å²) in [6.45, 7) is 3.67. The van der Waals surface area contributed by atoms with Gasteiger partial charge >= 0.3 is 5.97 Å². The van der Waals surface area contributed by atoms with Crippen molar-refractivity contribution in [3.63, 3.8) is 0 Å². The molecule has 0 amide bonds. The van der Waals surface area contributed by atoms with E-state index in [1.165, 1.54) is 0 Å². The monoisotopic (exact) mass is 268 g/mol. The summed E-state index contributed by atoms with van der Waals surface area (Å²) in [5.74, 6) is -0.903. The van der Waals surface area contributed by atoms with Crippen molar-refractivity contribution >= 4 is 23.3 Å². The van der Waals surface area contributed by atoms with Crippen LogP contribution in [0.25, 0.3) is 0 Å². The molecule has 1 aliphatic rings. The van der Waals surface area contributed by atoms with Crippen LogP contribution in [0.4, 0.5) is 5.69 Å². The van der Waals surface area contributed by atoms with Crippen LogP contribution in [-0.2, 0) is 0 Å². The van der Waals surface area contributed by atoms with E-state index in [4.69, 9.17) is 11.6 Å². The molecule has 4 nitrogen and oxygen atoms in total. The highest BCUT2D eigenvalue weighted by Gasteiger charge is 2.18. The van der Waals surface area contributed by atoms with Crippen LogP contribution in [0.15, 0.2) is 18.2 Å². The first-order valence-electron chi connectivity index (χ1n) is 6.04. The van der Waals surface area contributed by atoms with Gasteiger partial charge in [-0.05, 0) is 38.2 Å². The zero-order valence-corrected chi connectivity index (χ0v) is 11.2. The first-order valence-corrected chi connectivity index (χ1v) is 6.42. The lowest BCUT2D eigenvalue weighted by molar-refractivity contribution is 0.0697. The summed E-state index contributed by atoms with van der Waals surface area (Å²) >= 11 is 5.98. The van der Waals surface area contributed by atoms with Gasteiger partial charge in [0.2, 0.25) is 0 Å². The van der Waals surface area contributed by atoms with E-state index >= 15 is 0 Å². The summed E-state index contributed by atoms with van der Waals surface area (Å²) in [5.41, 5.74) is 1.05. The molecule has 0 aliphatic carbocycles. The van der Waals surface area contributed by atoms with Crippen LogP contribution >= 0.6 is 11.6 Å². The molecule has 1 heterocycles. The lowest BCUT2D eigenvalue weighted by Gasteiger charge is -2.24. The van der Waals surface area contributed by atoms with Gasteiger partial charge in [-0.15, -0.1) is 0 Å². The van der Waals surface area contributed by atoms with Crippen LogP contribution in [0.3, 0.4) is 0 Å². The lowest BCUT2D eigenvalue weighted by Crippen LogP contribution is -2.30. The van der Waals surface area contributed by atoms with Crippen LogP contribution < -0.4 is 4.90 Å². The number of halogens is 1. The van der Waals surface area contributed by atoms with Gasteiger partial charge in [-0.3, -0.25) is 0 Å². The number of benzene rings is 1. The summed E-state index contributed by atoms with van der Waals surface area (Å²) in [7, 11) is 2.08. The molecule has 0 radical (unpaired) electrons. The van der Waals surface area contributed by atoms with Crippen LogP contribution in [0.2, 0.25) is 5.02 Å². The SMILES string of the molecule is CN1CCCN(c2cc(Cl)ccc2C(=O)O)CC1. The molecule has 1 fully saturated rings. The Morgan fingerprint density at radius 1 is 1.28 bits per heavy atom. The molecule has 1 saturated heterocycles. The number of aromatic carboxylic acids is 1. The Kier molecular flexibility index (Phi) is 4.09. The van der Waals surface area contributed by atoms with Gasteiger partial charge in [0, 0.05) is 24.7 Å². The fraction of sp³-hybridized carbons (Fsp3) is 0.462. The second-order valence-corrected chi connectivity index (χ2v) is 5.05. The Morgan fingerprint density at radius 3 is 2.78 bits per heavy atom. The van der Waals surface area contributed by atoms with Crippen molar-refractivity contribution in [3.8, 4) is 0 Å². The van der Waals surface area contributed by atoms with Crippen LogP contribution in [0.5, 0.6) is 0 Å². The molecule has 98 valence electrons. The predicted octanol–water partition coefficient (Wildman–Crippen LogP) is 2.18. The number of carboxylic acids is 1. The van der Waals surface area contributed by atoms with E-state index in [1.807, 2.05) is 0 Å². The second kappa shape index (κ2) is 5.59. The molecule has 0 saturated carbocycles. The Balaban J connectivity index is 2.30. The zero-order chi connectivity index (χ0) is 13.1. The number of hydrogen-bond donors (Lipinski definition) is 1. The average Bonchev–Trinajstić information content (AvgIpc) is 2.53. The van der Waals surface area contributed by atoms with Crippen molar-refractivity contribution < 1.29 is 9.90 Å². The molecule has 1 aliphatic heterocycles. The van der Waals surface area contributed by atoms with Gasteiger partial charge in [-0.1, -0.05) is 11.6 Å². The quantitative estimate of drug-likeness (QED) is 0.893. The summed E-state index contributed by atoms with van der Waals surface area (Å²) in [5, 5.41) is 9.81. The lowest BCUT2D eigenvalue weighted by atomic mass is 10.1. The molecule has 5 heteroatoms. The van der Waals surface area contributed by atoms with Crippen LogP contribution in [-0.4, -0.2) is 49.2 Å². The number of likely N-dealkylation sites (N-methyl/N-ethyl adjacent to an activating group) is 1. The minimum atomic E-state index is -0.903. The maximum absolute atomic E-state index is 11.2. The first-order chi connectivity index (χ1) is 8.58. The molecule has 2 rings (SSSR count). The van der Waals surface area contributed by atoms with Crippen molar-refractivity contribution in [3.05, 3.63) is 28.8 Å². The smallest absolute Gasteiger partial charge is 0.337 e. The van der Waals surface area contributed by atoms with Gasteiger partial charge in [0.05, 0.1) is 11.3 Å². The van der Waals surface area contributed by atoms with E-state index in [0.29, 0.717) is 10.6 Å². The highest BCUT2D eigenvalue weighted by atomic mass is 35.5. The molecule has 18 heavy (non-hydrogen) atoms. The second-order valence-electron chi connectivity index (χ2n) is 4.61. The number of hydrogen-bond acceptors (Lipinski definition) is 3. The minimum absolute atomic E-state index is 0.323. The van der Waals surface area contributed by atoms with Gasteiger partial charge in [0.1, 0.15) is 0 Å². The molecule has 0 spiro atoms. The largest absolute Gasteiger partial charge is 0.478 e. The summed E-state index contributed by atoms with van der Waals surface area (Å²) in [6.07, 6.45) is 1.03. The molecule has 0 aromatic heterocycles. The topological polar surface area (TPSA) is 43.8 Å². The number of rotatable bonds is 2. The standard InChI is InChI=1S/C13H17ClN2O2/c1-15-5-2-6-16(8-7-15)12-9-10(14)3-4-11(12)13(17)18/h3-4,9H,2,5-8H2,1H3,(H,17,18). The highest BCUT2D eigenvalue weighted by molar-refractivity contribution is 6.31. The first kappa shape index (κ1) is 13.2. The van der Waals surface area contributed by atoms with E-state index in [0.717, 1.165) is 38.3 Å².